The highest BCUT2D eigenvalue weighted by atomic mass is 32.1. The second-order valence-electron chi connectivity index (χ2n) is 10.2. The number of benzene rings is 3. The van der Waals surface area contributed by atoms with Crippen LogP contribution in [0.1, 0.15) is 16.8 Å². The summed E-state index contributed by atoms with van der Waals surface area (Å²) in [6.07, 6.45) is 2.47. The van der Waals surface area contributed by atoms with E-state index in [9.17, 15) is 4.79 Å². The predicted octanol–water partition coefficient (Wildman–Crippen LogP) is 5.26. The number of piperazine rings is 1. The molecule has 1 aliphatic heterocycles. The molecular weight excluding hydrogens is 550 g/mol. The Morgan fingerprint density at radius 3 is 2.62 bits per heavy atom. The maximum Gasteiger partial charge on any atom is 0.255 e. The monoisotopic (exact) mass is 583 g/mol. The molecule has 216 valence electrons. The summed E-state index contributed by atoms with van der Waals surface area (Å²) >= 11 is 1.48. The number of carbonyl (C=O) groups excluding carboxylic acids is 1. The molecule has 1 aliphatic rings. The van der Waals surface area contributed by atoms with Gasteiger partial charge in [-0.1, -0.05) is 29.5 Å². The zero-order chi connectivity index (χ0) is 28.9. The highest BCUT2D eigenvalue weighted by molar-refractivity contribution is 7.22. The topological polar surface area (TPSA) is 105 Å². The zero-order valence-corrected chi connectivity index (χ0v) is 24.5. The van der Waals surface area contributed by atoms with Crippen LogP contribution in [-0.4, -0.2) is 84.1 Å². The number of thiazole rings is 1. The van der Waals surface area contributed by atoms with Crippen LogP contribution in [-0.2, 0) is 0 Å². The van der Waals surface area contributed by atoms with E-state index >= 15 is 0 Å². The first kappa shape index (κ1) is 27.8. The van der Waals surface area contributed by atoms with Crippen LogP contribution >= 0.6 is 11.3 Å². The molecular formula is C31H33N7O3S. The van der Waals surface area contributed by atoms with Gasteiger partial charge in [0.15, 0.2) is 16.6 Å². The molecule has 3 heterocycles. The van der Waals surface area contributed by atoms with Crippen molar-refractivity contribution < 1.29 is 14.3 Å². The fourth-order valence-corrected chi connectivity index (χ4v) is 5.83. The lowest BCUT2D eigenvalue weighted by atomic mass is 10.2. The van der Waals surface area contributed by atoms with Crippen molar-refractivity contribution in [2.24, 2.45) is 0 Å². The molecule has 1 saturated heterocycles. The van der Waals surface area contributed by atoms with Crippen LogP contribution in [0.2, 0.25) is 0 Å². The van der Waals surface area contributed by atoms with E-state index < -0.39 is 0 Å². The number of ether oxygens (including phenoxy) is 2. The summed E-state index contributed by atoms with van der Waals surface area (Å²) in [5.74, 6) is 1.76. The molecule has 10 nitrogen and oxygen atoms in total. The van der Waals surface area contributed by atoms with E-state index in [4.69, 9.17) is 14.5 Å². The quantitative estimate of drug-likeness (QED) is 0.213. The molecule has 2 aromatic heterocycles. The van der Waals surface area contributed by atoms with Gasteiger partial charge in [0.05, 0.1) is 29.5 Å². The Balaban J connectivity index is 1.14. The maximum atomic E-state index is 12.6. The molecule has 0 radical (unpaired) electrons. The largest absolute Gasteiger partial charge is 0.493 e. The van der Waals surface area contributed by atoms with E-state index in [0.717, 1.165) is 60.3 Å². The van der Waals surface area contributed by atoms with Gasteiger partial charge in [0.2, 0.25) is 0 Å². The molecule has 0 saturated carbocycles. The molecule has 11 heteroatoms. The summed E-state index contributed by atoms with van der Waals surface area (Å²) in [7, 11) is 3.80. The van der Waals surface area contributed by atoms with Crippen molar-refractivity contribution in [2.75, 3.05) is 64.1 Å². The second-order valence-corrected chi connectivity index (χ2v) is 11.3. The Morgan fingerprint density at radius 1 is 0.976 bits per heavy atom. The Hall–Kier alpha value is -4.32. The molecule has 0 unspecified atom stereocenters. The molecule has 1 fully saturated rings. The Labute approximate surface area is 248 Å². The SMILES string of the molecule is COc1cc2c(Nc3nc4ccc(NC(=O)c5ccccc5)cc4s3)ncnc2cc1OCCCN1CCN(C)CC1. The van der Waals surface area contributed by atoms with Gasteiger partial charge in [-0.05, 0) is 49.9 Å². The number of aromatic nitrogens is 3. The summed E-state index contributed by atoms with van der Waals surface area (Å²) in [6.45, 7) is 6.04. The lowest BCUT2D eigenvalue weighted by Crippen LogP contribution is -2.44. The molecule has 0 spiro atoms. The minimum absolute atomic E-state index is 0.155. The van der Waals surface area contributed by atoms with Crippen molar-refractivity contribution >= 4 is 55.0 Å². The number of methoxy groups -OCH3 is 1. The standard InChI is InChI=1S/C31H33N7O3S/c1-37-12-14-38(15-13-37)11-6-16-41-27-19-25-23(18-26(27)40-2)29(33-20-32-25)36-31-35-24-10-9-22(17-28(24)42-31)34-30(39)21-7-4-3-5-8-21/h3-5,7-10,17-20H,6,11-16H2,1-2H3,(H,34,39)(H,32,33,35,36). The van der Waals surface area contributed by atoms with Crippen molar-refractivity contribution in [3.63, 3.8) is 0 Å². The van der Waals surface area contributed by atoms with E-state index in [2.05, 4.69) is 37.4 Å². The average Bonchev–Trinajstić information content (AvgIpc) is 3.42. The zero-order valence-electron chi connectivity index (χ0n) is 23.7. The number of hydrogen-bond acceptors (Lipinski definition) is 10. The number of rotatable bonds is 10. The van der Waals surface area contributed by atoms with Crippen molar-refractivity contribution in [1.82, 2.24) is 24.8 Å². The molecule has 2 N–H and O–H groups in total. The Kier molecular flexibility index (Phi) is 8.40. The molecule has 0 bridgehead atoms. The van der Waals surface area contributed by atoms with Crippen LogP contribution in [0.25, 0.3) is 21.1 Å². The minimum atomic E-state index is -0.155. The van der Waals surface area contributed by atoms with Gasteiger partial charge in [0, 0.05) is 55.4 Å². The van der Waals surface area contributed by atoms with Crippen molar-refractivity contribution in [2.45, 2.75) is 6.42 Å². The summed E-state index contributed by atoms with van der Waals surface area (Å²) in [4.78, 5) is 31.1. The lowest BCUT2D eigenvalue weighted by molar-refractivity contribution is 0.102. The summed E-state index contributed by atoms with van der Waals surface area (Å²) in [6, 6.07) is 18.6. The molecule has 3 aromatic carbocycles. The van der Waals surface area contributed by atoms with E-state index in [1.165, 1.54) is 17.7 Å². The third-order valence-corrected chi connectivity index (χ3v) is 8.23. The molecule has 5 aromatic rings. The molecule has 42 heavy (non-hydrogen) atoms. The van der Waals surface area contributed by atoms with Crippen molar-refractivity contribution in [1.29, 1.82) is 0 Å². The lowest BCUT2D eigenvalue weighted by Gasteiger charge is -2.32. The maximum absolute atomic E-state index is 12.6. The van der Waals surface area contributed by atoms with Gasteiger partial charge in [-0.25, -0.2) is 15.0 Å². The molecule has 6 rings (SSSR count). The predicted molar refractivity (Wildman–Crippen MR) is 167 cm³/mol. The van der Waals surface area contributed by atoms with Crippen LogP contribution in [0.3, 0.4) is 0 Å². The number of carbonyl (C=O) groups is 1. The fourth-order valence-electron chi connectivity index (χ4n) is 4.93. The van der Waals surface area contributed by atoms with Crippen LogP contribution in [0.15, 0.2) is 67.0 Å². The first-order chi connectivity index (χ1) is 20.6. The van der Waals surface area contributed by atoms with Crippen LogP contribution in [0.4, 0.5) is 16.6 Å². The average molecular weight is 584 g/mol. The van der Waals surface area contributed by atoms with Gasteiger partial charge >= 0.3 is 0 Å². The third kappa shape index (κ3) is 6.43. The number of amides is 1. The minimum Gasteiger partial charge on any atom is -0.493 e. The van der Waals surface area contributed by atoms with Crippen molar-refractivity contribution in [3.8, 4) is 11.5 Å². The number of anilines is 3. The molecule has 0 atom stereocenters. The smallest absolute Gasteiger partial charge is 0.255 e. The second kappa shape index (κ2) is 12.7. The number of nitrogens with one attached hydrogen (secondary N) is 2. The summed E-state index contributed by atoms with van der Waals surface area (Å²) in [5, 5.41) is 7.79. The number of hydrogen-bond donors (Lipinski definition) is 2. The van der Waals surface area contributed by atoms with E-state index in [1.54, 1.807) is 19.2 Å². The van der Waals surface area contributed by atoms with Gasteiger partial charge in [0.25, 0.3) is 5.91 Å². The molecule has 1 amide bonds. The van der Waals surface area contributed by atoms with Gasteiger partial charge in [0.1, 0.15) is 12.1 Å². The Morgan fingerprint density at radius 2 is 1.81 bits per heavy atom. The first-order valence-corrected chi connectivity index (χ1v) is 14.8. The van der Waals surface area contributed by atoms with Crippen LogP contribution < -0.4 is 20.1 Å². The number of fused-ring (bicyclic) bond motifs is 2. The highest BCUT2D eigenvalue weighted by Crippen LogP contribution is 2.36. The van der Waals surface area contributed by atoms with Gasteiger partial charge in [-0.3, -0.25) is 4.79 Å². The Bertz CT molecular complexity index is 1690. The highest BCUT2D eigenvalue weighted by Gasteiger charge is 2.16. The van der Waals surface area contributed by atoms with Crippen LogP contribution in [0, 0.1) is 0 Å². The van der Waals surface area contributed by atoms with Gasteiger partial charge in [-0.2, -0.15) is 0 Å². The summed E-state index contributed by atoms with van der Waals surface area (Å²) < 4.78 is 12.7. The van der Waals surface area contributed by atoms with E-state index in [0.29, 0.717) is 40.3 Å². The summed E-state index contributed by atoms with van der Waals surface area (Å²) in [5.41, 5.74) is 2.88. The van der Waals surface area contributed by atoms with E-state index in [-0.39, 0.29) is 5.91 Å². The number of nitrogens with zero attached hydrogens (tertiary/aromatic N) is 5. The van der Waals surface area contributed by atoms with Crippen LogP contribution in [0.5, 0.6) is 11.5 Å². The normalized spacial score (nSPS) is 14.2. The van der Waals surface area contributed by atoms with Gasteiger partial charge in [-0.15, -0.1) is 0 Å². The first-order valence-electron chi connectivity index (χ1n) is 14.0. The van der Waals surface area contributed by atoms with Gasteiger partial charge < -0.3 is 29.9 Å². The van der Waals surface area contributed by atoms with Crippen molar-refractivity contribution in [3.05, 3.63) is 72.6 Å². The van der Waals surface area contributed by atoms with E-state index in [1.807, 2.05) is 48.5 Å². The fraction of sp³-hybridized carbons (Fsp3) is 0.290. The number of likely N-dealkylation sites (N-methyl/N-ethyl adjacent to an activating group) is 1. The third-order valence-electron chi connectivity index (χ3n) is 7.30. The molecule has 0 aliphatic carbocycles.